The molecule has 2 N–H and O–H groups in total. The summed E-state index contributed by atoms with van der Waals surface area (Å²) in [6, 6.07) is 17.1. The fourth-order valence-corrected chi connectivity index (χ4v) is 2.56. The molecule has 0 aliphatic rings. The summed E-state index contributed by atoms with van der Waals surface area (Å²) in [4.78, 5) is 23.1. The molecule has 148 valence electrons. The average Bonchev–Trinajstić information content (AvgIpc) is 2.74. The third kappa shape index (κ3) is 5.62. The Morgan fingerprint density at radius 1 is 1.07 bits per heavy atom. The van der Waals surface area contributed by atoms with Crippen LogP contribution < -0.4 is 15.5 Å². The number of carbonyl (C=O) groups excluding carboxylic acids is 1. The number of hydrogen-bond acceptors (Lipinski definition) is 4. The first-order valence-corrected chi connectivity index (χ1v) is 9.06. The molecule has 6 nitrogen and oxygen atoms in total. The van der Waals surface area contributed by atoms with Gasteiger partial charge in [0.2, 0.25) is 5.96 Å². The topological polar surface area (TPSA) is 69.6 Å². The van der Waals surface area contributed by atoms with Gasteiger partial charge in [-0.15, -0.1) is 0 Å². The summed E-state index contributed by atoms with van der Waals surface area (Å²) in [6.07, 6.45) is 3.33. The van der Waals surface area contributed by atoms with Crippen LogP contribution in [0.25, 0.3) is 0 Å². The van der Waals surface area contributed by atoms with Crippen LogP contribution in [0.15, 0.2) is 78.0 Å². The number of rotatable bonds is 5. The summed E-state index contributed by atoms with van der Waals surface area (Å²) >= 11 is 0. The molecule has 0 unspecified atom stereocenters. The zero-order valence-corrected chi connectivity index (χ0v) is 16.3. The molecule has 1 amide bonds. The zero-order valence-electron chi connectivity index (χ0n) is 16.3. The third-order valence-electron chi connectivity index (χ3n) is 4.15. The molecule has 7 heteroatoms. The first kappa shape index (κ1) is 20.0. The number of hydrogen-bond donors (Lipinski definition) is 2. The molecule has 3 rings (SSSR count). The molecule has 3 aromatic rings. The number of nitrogens with zero attached hydrogens (tertiary/aromatic N) is 3. The first-order valence-electron chi connectivity index (χ1n) is 9.06. The van der Waals surface area contributed by atoms with Crippen LogP contribution in [0, 0.1) is 5.82 Å². The van der Waals surface area contributed by atoms with Gasteiger partial charge in [-0.3, -0.25) is 15.1 Å². The number of aliphatic imine (C=N–C) groups is 1. The molecule has 0 aliphatic heterocycles. The number of halogens is 1. The molecule has 0 aliphatic carbocycles. The quantitative estimate of drug-likeness (QED) is 0.514. The number of carbonyl (C=O) groups is 1. The smallest absolute Gasteiger partial charge is 0.258 e. The van der Waals surface area contributed by atoms with Crippen molar-refractivity contribution in [1.82, 2.24) is 10.3 Å². The maximum atomic E-state index is 14.1. The van der Waals surface area contributed by atoms with E-state index in [1.165, 1.54) is 6.07 Å². The lowest BCUT2D eigenvalue weighted by atomic mass is 10.2. The van der Waals surface area contributed by atoms with E-state index in [1.807, 2.05) is 43.3 Å². The Hall–Kier alpha value is -3.74. The van der Waals surface area contributed by atoms with Crippen LogP contribution in [0.5, 0.6) is 0 Å². The second kappa shape index (κ2) is 9.45. The average molecular weight is 391 g/mol. The van der Waals surface area contributed by atoms with Gasteiger partial charge in [0.15, 0.2) is 0 Å². The van der Waals surface area contributed by atoms with Gasteiger partial charge in [0.1, 0.15) is 5.82 Å². The largest absolute Gasteiger partial charge is 0.378 e. The van der Waals surface area contributed by atoms with Crippen LogP contribution in [0.4, 0.5) is 15.8 Å². The highest BCUT2D eigenvalue weighted by Gasteiger charge is 2.12. The predicted molar refractivity (Wildman–Crippen MR) is 114 cm³/mol. The zero-order chi connectivity index (χ0) is 20.6. The number of pyridine rings is 1. The molecule has 0 atom stereocenters. The van der Waals surface area contributed by atoms with E-state index < -0.39 is 5.82 Å². The number of benzene rings is 2. The predicted octanol–water partition coefficient (Wildman–Crippen LogP) is 3.68. The molecular weight excluding hydrogens is 369 g/mol. The number of guanidine groups is 1. The van der Waals surface area contributed by atoms with E-state index in [0.717, 1.165) is 11.3 Å². The van der Waals surface area contributed by atoms with E-state index in [0.29, 0.717) is 12.1 Å². The Morgan fingerprint density at radius 3 is 2.55 bits per heavy atom. The van der Waals surface area contributed by atoms with Crippen molar-refractivity contribution in [3.05, 3.63) is 90.0 Å². The SMILES string of the molecule is CN(C)c1cccc(C(=O)NC(=NCc2ccncc2)Nc2ccccc2F)c1. The minimum Gasteiger partial charge on any atom is -0.378 e. The third-order valence-corrected chi connectivity index (χ3v) is 4.15. The molecule has 0 saturated heterocycles. The molecule has 0 radical (unpaired) electrons. The van der Waals surface area contributed by atoms with E-state index in [9.17, 15) is 9.18 Å². The fraction of sp³-hybridized carbons (Fsp3) is 0.136. The number of aromatic nitrogens is 1. The molecule has 0 fully saturated rings. The molecule has 1 aromatic heterocycles. The molecule has 1 heterocycles. The number of amides is 1. The lowest BCUT2D eigenvalue weighted by Crippen LogP contribution is -2.36. The van der Waals surface area contributed by atoms with Gasteiger partial charge < -0.3 is 10.2 Å². The van der Waals surface area contributed by atoms with Gasteiger partial charge in [-0.25, -0.2) is 9.38 Å². The molecule has 29 heavy (non-hydrogen) atoms. The summed E-state index contributed by atoms with van der Waals surface area (Å²) in [6.45, 7) is 0.303. The van der Waals surface area contributed by atoms with Crippen molar-refractivity contribution in [3.8, 4) is 0 Å². The molecule has 0 spiro atoms. The Balaban J connectivity index is 1.83. The molecule has 2 aromatic carbocycles. The van der Waals surface area contributed by atoms with Crippen molar-refractivity contribution in [2.75, 3.05) is 24.3 Å². The lowest BCUT2D eigenvalue weighted by Gasteiger charge is -2.15. The second-order valence-electron chi connectivity index (χ2n) is 6.52. The van der Waals surface area contributed by atoms with Crippen molar-refractivity contribution in [2.24, 2.45) is 4.99 Å². The molecule has 0 saturated carbocycles. The Bertz CT molecular complexity index is 1000. The van der Waals surface area contributed by atoms with E-state index >= 15 is 0 Å². The van der Waals surface area contributed by atoms with Gasteiger partial charge in [-0.2, -0.15) is 0 Å². The standard InChI is InChI=1S/C22H22FN5O/c1-28(2)18-7-5-6-17(14-18)21(29)27-22(25-15-16-10-12-24-13-11-16)26-20-9-4-3-8-19(20)23/h3-14H,15H2,1-2H3,(H2,25,26,27,29). The highest BCUT2D eigenvalue weighted by Crippen LogP contribution is 2.15. The van der Waals surface area contributed by atoms with Crippen LogP contribution in [-0.4, -0.2) is 30.9 Å². The van der Waals surface area contributed by atoms with Crippen molar-refractivity contribution in [2.45, 2.75) is 6.54 Å². The van der Waals surface area contributed by atoms with Gasteiger partial charge in [-0.05, 0) is 48.0 Å². The number of nitrogens with one attached hydrogen (secondary N) is 2. The summed E-state index contributed by atoms with van der Waals surface area (Å²) in [7, 11) is 3.80. The van der Waals surface area contributed by atoms with Crippen molar-refractivity contribution in [3.63, 3.8) is 0 Å². The second-order valence-corrected chi connectivity index (χ2v) is 6.52. The van der Waals surface area contributed by atoms with E-state index in [2.05, 4.69) is 20.6 Å². The lowest BCUT2D eigenvalue weighted by molar-refractivity contribution is 0.0977. The van der Waals surface area contributed by atoms with E-state index in [-0.39, 0.29) is 17.6 Å². The van der Waals surface area contributed by atoms with E-state index in [1.54, 1.807) is 42.7 Å². The normalized spacial score (nSPS) is 11.1. The summed E-state index contributed by atoms with van der Waals surface area (Å²) in [5.41, 5.74) is 2.51. The summed E-state index contributed by atoms with van der Waals surface area (Å²) in [5, 5.41) is 5.62. The number of para-hydroxylation sites is 1. The fourth-order valence-electron chi connectivity index (χ4n) is 2.56. The monoisotopic (exact) mass is 391 g/mol. The molecular formula is C22H22FN5O. The van der Waals surface area contributed by atoms with Gasteiger partial charge in [0.05, 0.1) is 12.2 Å². The van der Waals surface area contributed by atoms with E-state index in [4.69, 9.17) is 0 Å². The minimum atomic E-state index is -0.437. The van der Waals surface area contributed by atoms with Crippen molar-refractivity contribution >= 4 is 23.2 Å². The van der Waals surface area contributed by atoms with Crippen LogP contribution in [-0.2, 0) is 6.54 Å². The van der Waals surface area contributed by atoms with Gasteiger partial charge in [-0.1, -0.05) is 18.2 Å². The van der Waals surface area contributed by atoms with Gasteiger partial charge >= 0.3 is 0 Å². The summed E-state index contributed by atoms with van der Waals surface area (Å²) < 4.78 is 14.1. The Labute approximate surface area is 169 Å². The van der Waals surface area contributed by atoms with Crippen molar-refractivity contribution < 1.29 is 9.18 Å². The first-order chi connectivity index (χ1) is 14.0. The van der Waals surface area contributed by atoms with Crippen molar-refractivity contribution in [1.29, 1.82) is 0 Å². The van der Waals surface area contributed by atoms with Crippen LogP contribution >= 0.6 is 0 Å². The van der Waals surface area contributed by atoms with Gasteiger partial charge in [0, 0.05) is 37.7 Å². The maximum Gasteiger partial charge on any atom is 0.258 e. The maximum absolute atomic E-state index is 14.1. The van der Waals surface area contributed by atoms with Crippen LogP contribution in [0.2, 0.25) is 0 Å². The van der Waals surface area contributed by atoms with Crippen LogP contribution in [0.3, 0.4) is 0 Å². The highest BCUT2D eigenvalue weighted by atomic mass is 19.1. The number of anilines is 2. The Morgan fingerprint density at radius 2 is 1.83 bits per heavy atom. The van der Waals surface area contributed by atoms with Gasteiger partial charge in [0.25, 0.3) is 5.91 Å². The molecule has 0 bridgehead atoms. The minimum absolute atomic E-state index is 0.159. The Kier molecular flexibility index (Phi) is 6.52. The highest BCUT2D eigenvalue weighted by molar-refractivity contribution is 6.10. The van der Waals surface area contributed by atoms with Crippen LogP contribution in [0.1, 0.15) is 15.9 Å². The summed E-state index contributed by atoms with van der Waals surface area (Å²) in [5.74, 6) is -0.619.